The van der Waals surface area contributed by atoms with Crippen LogP contribution < -0.4 is 0 Å². The van der Waals surface area contributed by atoms with Gasteiger partial charge in [0.2, 0.25) is 0 Å². The van der Waals surface area contributed by atoms with Gasteiger partial charge >= 0.3 is 0 Å². The van der Waals surface area contributed by atoms with Crippen LogP contribution in [0.3, 0.4) is 0 Å². The van der Waals surface area contributed by atoms with Gasteiger partial charge in [-0.25, -0.2) is 8.78 Å². The molecule has 0 amide bonds. The van der Waals surface area contributed by atoms with Gasteiger partial charge in [-0.2, -0.15) is 0 Å². The minimum Gasteiger partial charge on any atom is -0.201 e. The minimum atomic E-state index is -2.82. The van der Waals surface area contributed by atoms with Crippen LogP contribution in [0.5, 0.6) is 0 Å². The average molecular weight is 252 g/mol. The third-order valence-electron chi connectivity index (χ3n) is 5.01. The highest BCUT2D eigenvalue weighted by Gasteiger charge is 2.60. The maximum Gasteiger partial charge on any atom is 0.279 e. The number of hydrogen-bond acceptors (Lipinski definition) is 0. The van der Waals surface area contributed by atoms with E-state index in [-0.39, 0.29) is 5.41 Å². The van der Waals surface area contributed by atoms with E-state index in [0.717, 1.165) is 38.2 Å². The van der Waals surface area contributed by atoms with Crippen molar-refractivity contribution in [3.8, 4) is 0 Å². The first-order valence-corrected chi connectivity index (χ1v) is 6.92. The maximum atomic E-state index is 14.5. The lowest BCUT2D eigenvalue weighted by molar-refractivity contribution is -0.112. The Bertz CT molecular complexity index is 373. The second-order valence-electron chi connectivity index (χ2n) is 5.61. The highest BCUT2D eigenvalue weighted by molar-refractivity contribution is 5.33. The first kappa shape index (κ1) is 13.5. The zero-order valence-electron chi connectivity index (χ0n) is 11.1. The molecule has 0 aromatic heterocycles. The van der Waals surface area contributed by atoms with Gasteiger partial charge in [0.05, 0.1) is 5.41 Å². The molecule has 1 saturated carbocycles. The largest absolute Gasteiger partial charge is 0.279 e. The minimum absolute atomic E-state index is 0.336. The van der Waals surface area contributed by atoms with E-state index in [1.165, 1.54) is 18.6 Å². The molecule has 0 aromatic carbocycles. The van der Waals surface area contributed by atoms with Crippen molar-refractivity contribution in [2.75, 3.05) is 0 Å². The van der Waals surface area contributed by atoms with Gasteiger partial charge in [-0.05, 0) is 30.8 Å². The van der Waals surface area contributed by atoms with Gasteiger partial charge in [0, 0.05) is 0 Å². The Kier molecular flexibility index (Phi) is 3.48. The van der Waals surface area contributed by atoms with Crippen molar-refractivity contribution in [2.45, 2.75) is 51.4 Å². The predicted octanol–water partition coefficient (Wildman–Crippen LogP) is 5.28. The molecule has 2 aliphatic rings. The van der Waals surface area contributed by atoms with Crippen LogP contribution in [0.2, 0.25) is 0 Å². The molecule has 0 saturated heterocycles. The fraction of sp³-hybridized carbons (Fsp3) is 0.625. The molecule has 0 aromatic rings. The molecule has 1 atom stereocenters. The highest BCUT2D eigenvalue weighted by atomic mass is 19.3. The molecule has 0 spiro atoms. The monoisotopic (exact) mass is 252 g/mol. The van der Waals surface area contributed by atoms with Crippen LogP contribution >= 0.6 is 0 Å². The Balaban J connectivity index is 2.51. The Morgan fingerprint density at radius 3 is 2.22 bits per heavy atom. The first-order chi connectivity index (χ1) is 8.54. The van der Waals surface area contributed by atoms with E-state index < -0.39 is 11.3 Å². The fourth-order valence-electron chi connectivity index (χ4n) is 3.87. The second kappa shape index (κ2) is 4.64. The van der Waals surface area contributed by atoms with Crippen molar-refractivity contribution in [1.29, 1.82) is 0 Å². The molecule has 1 unspecified atom stereocenters. The number of allylic oxidation sites excluding steroid dienone is 5. The van der Waals surface area contributed by atoms with Gasteiger partial charge in [-0.15, -0.1) is 6.58 Å². The summed E-state index contributed by atoms with van der Waals surface area (Å²) in [5, 5.41) is 0. The molecule has 18 heavy (non-hydrogen) atoms. The SMILES string of the molecule is C=CC1(C2(CC)CCCCC2)C=CC=CC1(F)F. The Morgan fingerprint density at radius 1 is 1.11 bits per heavy atom. The molecule has 0 heterocycles. The summed E-state index contributed by atoms with van der Waals surface area (Å²) >= 11 is 0. The summed E-state index contributed by atoms with van der Waals surface area (Å²) in [6.07, 6.45) is 13.3. The maximum absolute atomic E-state index is 14.5. The molecule has 0 radical (unpaired) electrons. The molecule has 2 rings (SSSR count). The Labute approximate surface area is 108 Å². The first-order valence-electron chi connectivity index (χ1n) is 6.92. The molecular weight excluding hydrogens is 230 g/mol. The van der Waals surface area contributed by atoms with Gasteiger partial charge in [0.15, 0.2) is 0 Å². The lowest BCUT2D eigenvalue weighted by Crippen LogP contribution is -2.52. The lowest BCUT2D eigenvalue weighted by Gasteiger charge is -2.53. The fourth-order valence-corrected chi connectivity index (χ4v) is 3.87. The number of halogens is 2. The summed E-state index contributed by atoms with van der Waals surface area (Å²) < 4.78 is 29.1. The molecule has 0 N–H and O–H groups in total. The van der Waals surface area contributed by atoms with E-state index >= 15 is 0 Å². The summed E-state index contributed by atoms with van der Waals surface area (Å²) in [5.41, 5.74) is -1.54. The third-order valence-corrected chi connectivity index (χ3v) is 5.01. The predicted molar refractivity (Wildman–Crippen MR) is 71.7 cm³/mol. The van der Waals surface area contributed by atoms with Crippen LogP contribution in [-0.4, -0.2) is 5.92 Å². The number of rotatable bonds is 3. The van der Waals surface area contributed by atoms with Crippen LogP contribution in [0.4, 0.5) is 8.78 Å². The molecule has 0 nitrogen and oxygen atoms in total. The van der Waals surface area contributed by atoms with Crippen molar-refractivity contribution >= 4 is 0 Å². The molecule has 0 bridgehead atoms. The van der Waals surface area contributed by atoms with Gasteiger partial charge < -0.3 is 0 Å². The zero-order valence-corrected chi connectivity index (χ0v) is 11.1. The summed E-state index contributed by atoms with van der Waals surface area (Å²) in [7, 11) is 0. The third kappa shape index (κ3) is 1.69. The molecule has 1 fully saturated rings. The van der Waals surface area contributed by atoms with Gasteiger partial charge in [0.25, 0.3) is 5.92 Å². The summed E-state index contributed by atoms with van der Waals surface area (Å²) in [4.78, 5) is 0. The Morgan fingerprint density at radius 2 is 1.72 bits per heavy atom. The average Bonchev–Trinajstić information content (AvgIpc) is 2.39. The molecule has 100 valence electrons. The van der Waals surface area contributed by atoms with Gasteiger partial charge in [-0.3, -0.25) is 0 Å². The molecule has 2 aliphatic carbocycles. The summed E-state index contributed by atoms with van der Waals surface area (Å²) in [6, 6.07) is 0. The van der Waals surface area contributed by atoms with Gasteiger partial charge in [-0.1, -0.05) is 50.5 Å². The molecule has 0 aliphatic heterocycles. The van der Waals surface area contributed by atoms with Crippen molar-refractivity contribution in [3.05, 3.63) is 37.0 Å². The number of alkyl halides is 2. The molecule has 2 heteroatoms. The van der Waals surface area contributed by atoms with E-state index in [1.54, 1.807) is 12.2 Å². The van der Waals surface area contributed by atoms with Gasteiger partial charge in [0.1, 0.15) is 0 Å². The van der Waals surface area contributed by atoms with Crippen LogP contribution in [-0.2, 0) is 0 Å². The number of hydrogen-bond donors (Lipinski definition) is 0. The Hall–Kier alpha value is -0.920. The second-order valence-corrected chi connectivity index (χ2v) is 5.61. The topological polar surface area (TPSA) is 0 Å². The zero-order chi connectivity index (χ0) is 13.3. The quantitative estimate of drug-likeness (QED) is 0.599. The lowest BCUT2D eigenvalue weighted by atomic mass is 9.52. The highest BCUT2D eigenvalue weighted by Crippen LogP contribution is 2.61. The van der Waals surface area contributed by atoms with E-state index in [9.17, 15) is 8.78 Å². The van der Waals surface area contributed by atoms with Crippen molar-refractivity contribution in [3.63, 3.8) is 0 Å². The van der Waals surface area contributed by atoms with E-state index in [0.29, 0.717) is 0 Å². The van der Waals surface area contributed by atoms with E-state index in [2.05, 4.69) is 6.58 Å². The molecular formula is C16H22F2. The van der Waals surface area contributed by atoms with Crippen molar-refractivity contribution < 1.29 is 8.78 Å². The van der Waals surface area contributed by atoms with Crippen molar-refractivity contribution in [2.24, 2.45) is 10.8 Å². The normalized spacial score (nSPS) is 33.3. The van der Waals surface area contributed by atoms with Crippen molar-refractivity contribution in [1.82, 2.24) is 0 Å². The van der Waals surface area contributed by atoms with E-state index in [1.807, 2.05) is 6.92 Å². The van der Waals surface area contributed by atoms with Crippen LogP contribution in [0.1, 0.15) is 45.4 Å². The van der Waals surface area contributed by atoms with Crippen LogP contribution in [0.25, 0.3) is 0 Å². The summed E-state index contributed by atoms with van der Waals surface area (Å²) in [5.74, 6) is -2.82. The standard InChI is InChI=1S/C16H22F2/c1-3-14(10-6-5-7-11-14)15(4-2)12-8-9-13-16(15,17)18/h4,8-9,12-13H,2-3,5-7,10-11H2,1H3. The van der Waals surface area contributed by atoms with Crippen LogP contribution in [0, 0.1) is 10.8 Å². The summed E-state index contributed by atoms with van der Waals surface area (Å²) in [6.45, 7) is 5.80. The van der Waals surface area contributed by atoms with E-state index in [4.69, 9.17) is 0 Å². The smallest absolute Gasteiger partial charge is 0.201 e. The van der Waals surface area contributed by atoms with Crippen LogP contribution in [0.15, 0.2) is 37.0 Å².